The minimum atomic E-state index is -0.750. The van der Waals surface area contributed by atoms with Crippen molar-refractivity contribution in [3.05, 3.63) is 0 Å². The maximum Gasteiger partial charge on any atom is 0.180 e. The molecule has 0 heterocycles. The molecule has 0 radical (unpaired) electrons. The molecule has 0 bridgehead atoms. The molecule has 0 amide bonds. The lowest BCUT2D eigenvalue weighted by atomic mass is 10.9. The van der Waals surface area contributed by atoms with E-state index in [2.05, 4.69) is 0 Å². The summed E-state index contributed by atoms with van der Waals surface area (Å²) in [7, 11) is 0. The van der Waals surface area contributed by atoms with Gasteiger partial charge in [-0.25, -0.2) is 0 Å². The lowest BCUT2D eigenvalue weighted by molar-refractivity contribution is 0.318. The molecule has 0 aromatic rings. The Balaban J connectivity index is -0.0000000575. The van der Waals surface area contributed by atoms with Crippen LogP contribution in [0.5, 0.6) is 0 Å². The molecule has 0 aromatic heterocycles. The number of aliphatic hydroxyl groups is 1. The van der Waals surface area contributed by atoms with Crippen LogP contribution < -0.4 is 0 Å². The van der Waals surface area contributed by atoms with Crippen LogP contribution in [0.1, 0.15) is 6.92 Å². The maximum atomic E-state index is 7.57. The minimum Gasteiger partial charge on any atom is -0.397 e. The summed E-state index contributed by atoms with van der Waals surface area (Å²) in [5.74, 6) is 0. The number of halogens is 4. The standard InChI is InChI=1S/C2H6O.CHCl3.ClH/c1-2-3;2-1(3)4;/h3H,2H2,1H3;1H;1H. The lowest BCUT2D eigenvalue weighted by Gasteiger charge is -1.69. The molecule has 0 aromatic carbocycles. The van der Waals surface area contributed by atoms with Gasteiger partial charge in [0.25, 0.3) is 0 Å². The summed E-state index contributed by atoms with van der Waals surface area (Å²) in [6.45, 7) is 1.93. The van der Waals surface area contributed by atoms with Crippen LogP contribution in [0.15, 0.2) is 0 Å². The highest BCUT2D eigenvalue weighted by Gasteiger charge is 1.78. The zero-order chi connectivity index (χ0) is 6.28. The third-order valence-corrected chi connectivity index (χ3v) is 0. The van der Waals surface area contributed by atoms with Gasteiger partial charge < -0.3 is 5.11 Å². The lowest BCUT2D eigenvalue weighted by Crippen LogP contribution is -1.57. The SMILES string of the molecule is CCO.Cl.ClC(Cl)Cl. The zero-order valence-electron chi connectivity index (χ0n) is 4.27. The van der Waals surface area contributed by atoms with Crippen molar-refractivity contribution in [1.29, 1.82) is 0 Å². The van der Waals surface area contributed by atoms with Crippen LogP contribution in [-0.4, -0.2) is 16.0 Å². The zero-order valence-corrected chi connectivity index (χ0v) is 7.36. The Bertz CT molecular complexity index is 22.5. The third kappa shape index (κ3) is 213. The summed E-state index contributed by atoms with van der Waals surface area (Å²) in [4.78, 5) is 0. The molecule has 0 saturated heterocycles. The van der Waals surface area contributed by atoms with Crippen molar-refractivity contribution in [2.45, 2.75) is 11.2 Å². The van der Waals surface area contributed by atoms with E-state index in [9.17, 15) is 0 Å². The Morgan fingerprint density at radius 1 is 1.38 bits per heavy atom. The predicted octanol–water partition coefficient (Wildman–Crippen LogP) is 2.41. The van der Waals surface area contributed by atoms with Gasteiger partial charge in [0, 0.05) is 6.61 Å². The summed E-state index contributed by atoms with van der Waals surface area (Å²) >= 11 is 14.4. The molecule has 0 fully saturated rings. The van der Waals surface area contributed by atoms with Crippen molar-refractivity contribution >= 4 is 47.2 Å². The molecule has 0 atom stereocenters. The first-order chi connectivity index (χ1) is 3.15. The van der Waals surface area contributed by atoms with Crippen LogP contribution in [0.3, 0.4) is 0 Å². The number of aliphatic hydroxyl groups excluding tert-OH is 1. The first kappa shape index (κ1) is 16.1. The summed E-state index contributed by atoms with van der Waals surface area (Å²) in [6.07, 6.45) is 0. The largest absolute Gasteiger partial charge is 0.397 e. The van der Waals surface area contributed by atoms with Crippen molar-refractivity contribution in [3.63, 3.8) is 0 Å². The summed E-state index contributed by atoms with van der Waals surface area (Å²) in [6, 6.07) is 0. The Hall–Kier alpha value is 1.12. The topological polar surface area (TPSA) is 20.2 Å². The van der Waals surface area contributed by atoms with E-state index in [1.807, 2.05) is 0 Å². The van der Waals surface area contributed by atoms with Crippen LogP contribution in [0.2, 0.25) is 0 Å². The van der Waals surface area contributed by atoms with E-state index < -0.39 is 4.30 Å². The number of rotatable bonds is 0. The Labute approximate surface area is 70.3 Å². The van der Waals surface area contributed by atoms with Gasteiger partial charge in [0.05, 0.1) is 0 Å². The van der Waals surface area contributed by atoms with E-state index in [1.165, 1.54) is 0 Å². The molecule has 54 valence electrons. The van der Waals surface area contributed by atoms with Gasteiger partial charge in [-0.3, -0.25) is 0 Å². The van der Waals surface area contributed by atoms with Gasteiger partial charge in [0.2, 0.25) is 0 Å². The molecule has 8 heavy (non-hydrogen) atoms. The number of hydrogen-bond donors (Lipinski definition) is 1. The molecule has 0 aliphatic rings. The van der Waals surface area contributed by atoms with E-state index in [1.54, 1.807) is 6.92 Å². The highest BCUT2D eigenvalue weighted by atomic mass is 35.6. The molecule has 0 rings (SSSR count). The Morgan fingerprint density at radius 2 is 1.38 bits per heavy atom. The Kier molecular flexibility index (Phi) is 31.5. The van der Waals surface area contributed by atoms with Gasteiger partial charge in [-0.15, -0.1) is 12.4 Å². The molecule has 1 nitrogen and oxygen atoms in total. The van der Waals surface area contributed by atoms with Gasteiger partial charge in [-0.1, -0.05) is 34.8 Å². The second-order valence-electron chi connectivity index (χ2n) is 0.564. The first-order valence-corrected chi connectivity index (χ1v) is 2.99. The van der Waals surface area contributed by atoms with Gasteiger partial charge in [0.1, 0.15) is 0 Å². The highest BCUT2D eigenvalue weighted by molar-refractivity contribution is 6.63. The molecule has 0 unspecified atom stereocenters. The highest BCUT2D eigenvalue weighted by Crippen LogP contribution is 2.03. The minimum absolute atomic E-state index is 0. The summed E-state index contributed by atoms with van der Waals surface area (Å²) in [5, 5.41) is 7.57. The quantitative estimate of drug-likeness (QED) is 0.597. The van der Waals surface area contributed by atoms with Gasteiger partial charge in [-0.05, 0) is 6.92 Å². The monoisotopic (exact) mass is 200 g/mol. The van der Waals surface area contributed by atoms with Crippen molar-refractivity contribution in [1.82, 2.24) is 0 Å². The van der Waals surface area contributed by atoms with Crippen LogP contribution in [0.25, 0.3) is 0 Å². The van der Waals surface area contributed by atoms with Gasteiger partial charge in [-0.2, -0.15) is 0 Å². The van der Waals surface area contributed by atoms with Crippen molar-refractivity contribution < 1.29 is 5.11 Å². The molecule has 0 aliphatic carbocycles. The van der Waals surface area contributed by atoms with Gasteiger partial charge in [0.15, 0.2) is 4.30 Å². The van der Waals surface area contributed by atoms with E-state index in [4.69, 9.17) is 39.9 Å². The van der Waals surface area contributed by atoms with E-state index in [-0.39, 0.29) is 19.0 Å². The first-order valence-electron chi connectivity index (χ1n) is 1.68. The molecular weight excluding hydrogens is 194 g/mol. The Morgan fingerprint density at radius 3 is 1.38 bits per heavy atom. The second kappa shape index (κ2) is 15.7. The van der Waals surface area contributed by atoms with Crippen LogP contribution >= 0.6 is 47.2 Å². The predicted molar refractivity (Wildman–Crippen MR) is 41.4 cm³/mol. The molecule has 0 saturated carbocycles. The summed E-state index contributed by atoms with van der Waals surface area (Å²) in [5.41, 5.74) is 0. The fraction of sp³-hybridized carbons (Fsp3) is 1.00. The van der Waals surface area contributed by atoms with Crippen molar-refractivity contribution in [2.75, 3.05) is 6.61 Å². The van der Waals surface area contributed by atoms with E-state index in [0.717, 1.165) is 0 Å². The fourth-order valence-corrected chi connectivity index (χ4v) is 0. The molecule has 0 aliphatic heterocycles. The van der Waals surface area contributed by atoms with Crippen LogP contribution in [0, 0.1) is 0 Å². The average Bonchev–Trinajstić information content (AvgIpc) is 1.33. The van der Waals surface area contributed by atoms with Crippen LogP contribution in [-0.2, 0) is 0 Å². The number of alkyl halides is 3. The summed E-state index contributed by atoms with van der Waals surface area (Å²) < 4.78 is -0.750. The maximum absolute atomic E-state index is 7.57. The van der Waals surface area contributed by atoms with Crippen molar-refractivity contribution in [2.24, 2.45) is 0 Å². The molecule has 5 heteroatoms. The molecular formula is C3H8Cl4O. The normalized spacial score (nSPS) is 6.75. The smallest absolute Gasteiger partial charge is 0.180 e. The number of hydrogen-bond acceptors (Lipinski definition) is 1. The van der Waals surface area contributed by atoms with E-state index in [0.29, 0.717) is 0 Å². The van der Waals surface area contributed by atoms with Crippen LogP contribution in [0.4, 0.5) is 0 Å². The van der Waals surface area contributed by atoms with Crippen molar-refractivity contribution in [3.8, 4) is 0 Å². The molecule has 0 spiro atoms. The van der Waals surface area contributed by atoms with E-state index >= 15 is 0 Å². The average molecular weight is 202 g/mol. The third-order valence-electron chi connectivity index (χ3n) is 0. The van der Waals surface area contributed by atoms with Gasteiger partial charge >= 0.3 is 0 Å². The second-order valence-corrected chi connectivity index (χ2v) is 2.54. The molecule has 1 N–H and O–H groups in total. The fourth-order valence-electron chi connectivity index (χ4n) is 0.